The summed E-state index contributed by atoms with van der Waals surface area (Å²) in [6.45, 7) is 2.04. The number of rotatable bonds is 5. The van der Waals surface area contributed by atoms with Gasteiger partial charge in [0.15, 0.2) is 0 Å². The summed E-state index contributed by atoms with van der Waals surface area (Å²) in [6, 6.07) is 22.9. The maximum Gasteiger partial charge on any atom is 0.244 e. The third-order valence-corrected chi connectivity index (χ3v) is 5.08. The second-order valence-corrected chi connectivity index (χ2v) is 7.73. The normalized spacial score (nSPS) is 11.1. The van der Waals surface area contributed by atoms with Crippen molar-refractivity contribution in [3.63, 3.8) is 0 Å². The number of nitrogens with one attached hydrogen (secondary N) is 1. The molecule has 4 aromatic rings. The van der Waals surface area contributed by atoms with E-state index in [4.69, 9.17) is 23.2 Å². The van der Waals surface area contributed by atoms with Gasteiger partial charge in [0.25, 0.3) is 0 Å². The van der Waals surface area contributed by atoms with Gasteiger partial charge < -0.3 is 5.11 Å². The van der Waals surface area contributed by atoms with E-state index in [-0.39, 0.29) is 10.8 Å². The van der Waals surface area contributed by atoms with Gasteiger partial charge in [0.05, 0.1) is 22.6 Å². The van der Waals surface area contributed by atoms with Crippen molar-refractivity contribution < 1.29 is 5.11 Å². The first-order valence-electron chi connectivity index (χ1n) is 9.48. The van der Waals surface area contributed by atoms with Crippen molar-refractivity contribution in [3.8, 4) is 28.3 Å². The summed E-state index contributed by atoms with van der Waals surface area (Å²) < 4.78 is 0. The van der Waals surface area contributed by atoms with Gasteiger partial charge in [-0.25, -0.2) is 15.4 Å². The molecule has 0 spiro atoms. The molecule has 0 aliphatic rings. The summed E-state index contributed by atoms with van der Waals surface area (Å²) in [7, 11) is 0. The molecule has 0 atom stereocenters. The zero-order valence-corrected chi connectivity index (χ0v) is 18.1. The zero-order valence-electron chi connectivity index (χ0n) is 16.6. The second kappa shape index (κ2) is 9.16. The van der Waals surface area contributed by atoms with Gasteiger partial charge in [-0.05, 0) is 25.1 Å². The number of hydrazone groups is 1. The van der Waals surface area contributed by atoms with E-state index in [0.29, 0.717) is 16.5 Å². The molecular formula is C24H18Cl2N4O. The predicted octanol–water partition coefficient (Wildman–Crippen LogP) is 6.58. The maximum absolute atomic E-state index is 10.1. The van der Waals surface area contributed by atoms with Gasteiger partial charge in [0, 0.05) is 21.7 Å². The van der Waals surface area contributed by atoms with Crippen LogP contribution in [0.2, 0.25) is 10.0 Å². The smallest absolute Gasteiger partial charge is 0.244 e. The van der Waals surface area contributed by atoms with Gasteiger partial charge in [0.2, 0.25) is 5.95 Å². The van der Waals surface area contributed by atoms with Gasteiger partial charge in [-0.2, -0.15) is 5.10 Å². The van der Waals surface area contributed by atoms with E-state index < -0.39 is 0 Å². The minimum absolute atomic E-state index is 0.101. The Hall–Kier alpha value is -3.41. The van der Waals surface area contributed by atoms with Gasteiger partial charge in [-0.1, -0.05) is 83.4 Å². The molecule has 1 aromatic heterocycles. The van der Waals surface area contributed by atoms with Crippen LogP contribution in [0.4, 0.5) is 5.95 Å². The zero-order chi connectivity index (χ0) is 21.8. The molecule has 0 fully saturated rings. The molecule has 0 aliphatic carbocycles. The van der Waals surface area contributed by atoms with Crippen molar-refractivity contribution in [3.05, 3.63) is 94.0 Å². The SMILES string of the molecule is Cc1ccc(-c2cc(-c3ccccc3)nc(N/N=C/c3cc(Cl)cc(Cl)c3O)n2)cc1. The van der Waals surface area contributed by atoms with Gasteiger partial charge in [-0.3, -0.25) is 0 Å². The molecule has 154 valence electrons. The highest BCUT2D eigenvalue weighted by Crippen LogP contribution is 2.30. The third kappa shape index (κ3) is 5.02. The van der Waals surface area contributed by atoms with Crippen LogP contribution in [0, 0.1) is 6.92 Å². The highest BCUT2D eigenvalue weighted by molar-refractivity contribution is 6.36. The molecular weight excluding hydrogens is 431 g/mol. The second-order valence-electron chi connectivity index (χ2n) is 6.89. The molecule has 1 heterocycles. The molecule has 0 unspecified atom stereocenters. The van der Waals surface area contributed by atoms with Crippen molar-refractivity contribution in [2.45, 2.75) is 6.92 Å². The van der Waals surface area contributed by atoms with Gasteiger partial charge >= 0.3 is 0 Å². The summed E-state index contributed by atoms with van der Waals surface area (Å²) >= 11 is 12.0. The number of aromatic nitrogens is 2. The molecule has 2 N–H and O–H groups in total. The highest BCUT2D eigenvalue weighted by atomic mass is 35.5. The van der Waals surface area contributed by atoms with Crippen molar-refractivity contribution >= 4 is 35.4 Å². The number of phenols is 1. The number of hydrogen-bond donors (Lipinski definition) is 2. The first-order chi connectivity index (χ1) is 15.0. The molecule has 4 rings (SSSR count). The summed E-state index contributed by atoms with van der Waals surface area (Å²) in [5, 5.41) is 14.8. The van der Waals surface area contributed by atoms with Gasteiger partial charge in [-0.15, -0.1) is 0 Å². The summed E-state index contributed by atoms with van der Waals surface area (Å²) in [5.41, 5.74) is 7.85. The molecule has 0 bridgehead atoms. The minimum atomic E-state index is -0.101. The number of benzene rings is 3. The Kier molecular flexibility index (Phi) is 6.16. The topological polar surface area (TPSA) is 70.4 Å². The van der Waals surface area contributed by atoms with Gasteiger partial charge in [0.1, 0.15) is 5.75 Å². The monoisotopic (exact) mass is 448 g/mol. The predicted molar refractivity (Wildman–Crippen MR) is 127 cm³/mol. The molecule has 3 aromatic carbocycles. The quantitative estimate of drug-likeness (QED) is 0.267. The van der Waals surface area contributed by atoms with Crippen LogP contribution in [0.15, 0.2) is 77.9 Å². The number of anilines is 1. The lowest BCUT2D eigenvalue weighted by atomic mass is 10.1. The van der Waals surface area contributed by atoms with Crippen LogP contribution in [-0.4, -0.2) is 21.3 Å². The number of hydrogen-bond acceptors (Lipinski definition) is 5. The lowest BCUT2D eigenvalue weighted by Gasteiger charge is -2.09. The van der Waals surface area contributed by atoms with Crippen LogP contribution in [0.5, 0.6) is 5.75 Å². The van der Waals surface area contributed by atoms with Crippen molar-refractivity contribution in [2.75, 3.05) is 5.43 Å². The number of aryl methyl sites for hydroxylation is 1. The number of nitrogens with zero attached hydrogens (tertiary/aromatic N) is 3. The summed E-state index contributed by atoms with van der Waals surface area (Å²) in [4.78, 5) is 9.18. The first kappa shape index (κ1) is 20.8. The summed E-state index contributed by atoms with van der Waals surface area (Å²) in [5.74, 6) is 0.219. The van der Waals surface area contributed by atoms with Crippen molar-refractivity contribution in [1.82, 2.24) is 9.97 Å². The van der Waals surface area contributed by atoms with Crippen LogP contribution < -0.4 is 5.43 Å². The lowest BCUT2D eigenvalue weighted by Crippen LogP contribution is -2.00. The Morgan fingerprint density at radius 2 is 1.52 bits per heavy atom. The fourth-order valence-corrected chi connectivity index (χ4v) is 3.48. The van der Waals surface area contributed by atoms with Crippen LogP contribution in [-0.2, 0) is 0 Å². The highest BCUT2D eigenvalue weighted by Gasteiger charge is 2.09. The largest absolute Gasteiger partial charge is 0.506 e. The molecule has 0 saturated carbocycles. The van der Waals surface area contributed by atoms with Crippen LogP contribution in [0.25, 0.3) is 22.5 Å². The molecule has 0 saturated heterocycles. The average molecular weight is 449 g/mol. The van der Waals surface area contributed by atoms with E-state index in [1.165, 1.54) is 17.8 Å². The van der Waals surface area contributed by atoms with E-state index in [0.717, 1.165) is 22.5 Å². The first-order valence-corrected chi connectivity index (χ1v) is 10.2. The third-order valence-electron chi connectivity index (χ3n) is 4.57. The van der Waals surface area contributed by atoms with Crippen molar-refractivity contribution in [1.29, 1.82) is 0 Å². The number of halogens is 2. The molecule has 0 aliphatic heterocycles. The van der Waals surface area contributed by atoms with E-state index in [2.05, 4.69) is 20.5 Å². The Morgan fingerprint density at radius 1 is 0.871 bits per heavy atom. The van der Waals surface area contributed by atoms with Crippen LogP contribution in [0.1, 0.15) is 11.1 Å². The summed E-state index contributed by atoms with van der Waals surface area (Å²) in [6.07, 6.45) is 1.41. The standard InChI is InChI=1S/C24H18Cl2N4O/c1-15-7-9-17(10-8-15)22-13-21(16-5-3-2-4-6-16)28-24(29-22)30-27-14-18-11-19(25)12-20(26)23(18)31/h2-14,31H,1H3,(H,28,29,30)/b27-14+. The fourth-order valence-electron chi connectivity index (χ4n) is 2.97. The maximum atomic E-state index is 10.1. The molecule has 5 nitrogen and oxygen atoms in total. The average Bonchev–Trinajstić information content (AvgIpc) is 2.78. The minimum Gasteiger partial charge on any atom is -0.506 e. The number of aromatic hydroxyl groups is 1. The lowest BCUT2D eigenvalue weighted by molar-refractivity contribution is 0.475. The molecule has 0 amide bonds. The van der Waals surface area contributed by atoms with Crippen LogP contribution in [0.3, 0.4) is 0 Å². The Labute approximate surface area is 190 Å². The molecule has 31 heavy (non-hydrogen) atoms. The molecule has 7 heteroatoms. The Bertz CT molecular complexity index is 1240. The van der Waals surface area contributed by atoms with E-state index in [1.54, 1.807) is 6.07 Å². The van der Waals surface area contributed by atoms with E-state index >= 15 is 0 Å². The van der Waals surface area contributed by atoms with Crippen molar-refractivity contribution in [2.24, 2.45) is 5.10 Å². The molecule has 0 radical (unpaired) electrons. The van der Waals surface area contributed by atoms with Crippen LogP contribution >= 0.6 is 23.2 Å². The Balaban J connectivity index is 1.70. The fraction of sp³-hybridized carbons (Fsp3) is 0.0417. The Morgan fingerprint density at radius 3 is 2.19 bits per heavy atom. The van der Waals surface area contributed by atoms with E-state index in [1.807, 2.05) is 67.6 Å². The van der Waals surface area contributed by atoms with E-state index in [9.17, 15) is 5.11 Å². The number of phenolic OH excluding ortho intramolecular Hbond substituents is 1.